The van der Waals surface area contributed by atoms with Gasteiger partial charge >= 0.3 is 0 Å². The number of nitrogens with zero attached hydrogens (tertiary/aromatic N) is 2. The van der Waals surface area contributed by atoms with Crippen molar-refractivity contribution in [1.29, 1.82) is 0 Å². The molecule has 0 spiro atoms. The Bertz CT molecular complexity index is 699. The third-order valence-corrected chi connectivity index (χ3v) is 4.58. The average molecular weight is 353 g/mol. The molecule has 1 saturated heterocycles. The third kappa shape index (κ3) is 5.56. The molecule has 1 atom stereocenters. The van der Waals surface area contributed by atoms with Gasteiger partial charge < -0.3 is 15.0 Å². The number of amides is 1. The number of nitrogens with one attached hydrogen (secondary N) is 1. The van der Waals surface area contributed by atoms with Gasteiger partial charge in [-0.05, 0) is 57.1 Å². The molecule has 5 nitrogen and oxygen atoms in total. The highest BCUT2D eigenvalue weighted by molar-refractivity contribution is 5.94. The number of ether oxygens (including phenoxy) is 1. The van der Waals surface area contributed by atoms with Crippen LogP contribution in [0.25, 0.3) is 0 Å². The van der Waals surface area contributed by atoms with Gasteiger partial charge in [0, 0.05) is 36.1 Å². The SMILES string of the molecule is CC(CN1CCCCC1)NC(=O)c1cccc(OCc2cccnc2)c1. The first-order chi connectivity index (χ1) is 12.7. The van der Waals surface area contributed by atoms with E-state index < -0.39 is 0 Å². The lowest BCUT2D eigenvalue weighted by Gasteiger charge is -2.29. The zero-order chi connectivity index (χ0) is 18.2. The average Bonchev–Trinajstić information content (AvgIpc) is 2.68. The number of hydrogen-bond acceptors (Lipinski definition) is 4. The maximum atomic E-state index is 12.5. The predicted molar refractivity (Wildman–Crippen MR) is 102 cm³/mol. The van der Waals surface area contributed by atoms with E-state index in [-0.39, 0.29) is 11.9 Å². The summed E-state index contributed by atoms with van der Waals surface area (Å²) in [6.07, 6.45) is 7.36. The summed E-state index contributed by atoms with van der Waals surface area (Å²) in [4.78, 5) is 19.0. The summed E-state index contributed by atoms with van der Waals surface area (Å²) in [6.45, 7) is 5.68. The molecule has 5 heteroatoms. The fourth-order valence-corrected chi connectivity index (χ4v) is 3.26. The number of piperidine rings is 1. The molecule has 0 bridgehead atoms. The van der Waals surface area contributed by atoms with E-state index in [0.29, 0.717) is 17.9 Å². The Kier molecular flexibility index (Phi) is 6.61. The summed E-state index contributed by atoms with van der Waals surface area (Å²) in [5.74, 6) is 0.631. The predicted octanol–water partition coefficient (Wildman–Crippen LogP) is 3.26. The molecule has 1 aliphatic heterocycles. The molecule has 1 amide bonds. The van der Waals surface area contributed by atoms with E-state index in [0.717, 1.165) is 25.2 Å². The highest BCUT2D eigenvalue weighted by Gasteiger charge is 2.16. The second-order valence-corrected chi connectivity index (χ2v) is 6.91. The van der Waals surface area contributed by atoms with E-state index in [1.807, 2.05) is 30.3 Å². The van der Waals surface area contributed by atoms with Crippen molar-refractivity contribution < 1.29 is 9.53 Å². The molecule has 26 heavy (non-hydrogen) atoms. The van der Waals surface area contributed by atoms with E-state index in [2.05, 4.69) is 22.1 Å². The molecular weight excluding hydrogens is 326 g/mol. The van der Waals surface area contributed by atoms with Crippen molar-refractivity contribution in [2.75, 3.05) is 19.6 Å². The highest BCUT2D eigenvalue weighted by atomic mass is 16.5. The third-order valence-electron chi connectivity index (χ3n) is 4.58. The van der Waals surface area contributed by atoms with Gasteiger partial charge in [-0.2, -0.15) is 0 Å². The Labute approximate surface area is 155 Å². The van der Waals surface area contributed by atoms with E-state index in [1.54, 1.807) is 18.5 Å². The Balaban J connectivity index is 1.52. The van der Waals surface area contributed by atoms with Crippen LogP contribution in [-0.2, 0) is 6.61 Å². The monoisotopic (exact) mass is 353 g/mol. The Morgan fingerprint density at radius 3 is 2.85 bits per heavy atom. The van der Waals surface area contributed by atoms with Gasteiger partial charge in [0.25, 0.3) is 5.91 Å². The van der Waals surface area contributed by atoms with Gasteiger partial charge in [0.2, 0.25) is 0 Å². The van der Waals surface area contributed by atoms with Gasteiger partial charge in [-0.3, -0.25) is 9.78 Å². The van der Waals surface area contributed by atoms with Gasteiger partial charge in [-0.1, -0.05) is 18.6 Å². The lowest BCUT2D eigenvalue weighted by atomic mass is 10.1. The number of benzene rings is 1. The van der Waals surface area contributed by atoms with Crippen molar-refractivity contribution in [3.63, 3.8) is 0 Å². The van der Waals surface area contributed by atoms with Crippen LogP contribution in [-0.4, -0.2) is 41.5 Å². The number of hydrogen-bond donors (Lipinski definition) is 1. The van der Waals surface area contributed by atoms with Crippen LogP contribution >= 0.6 is 0 Å². The minimum Gasteiger partial charge on any atom is -0.489 e. The number of carbonyl (C=O) groups excluding carboxylic acids is 1. The van der Waals surface area contributed by atoms with E-state index >= 15 is 0 Å². The van der Waals surface area contributed by atoms with E-state index in [1.165, 1.54) is 19.3 Å². The molecule has 3 rings (SSSR count). The molecule has 1 aromatic heterocycles. The normalized spacial score (nSPS) is 16.0. The Hall–Kier alpha value is -2.40. The quantitative estimate of drug-likeness (QED) is 0.830. The number of carbonyl (C=O) groups is 1. The van der Waals surface area contributed by atoms with Gasteiger partial charge in [-0.25, -0.2) is 0 Å². The maximum Gasteiger partial charge on any atom is 0.251 e. The summed E-state index contributed by atoms with van der Waals surface area (Å²) in [5, 5.41) is 3.10. The summed E-state index contributed by atoms with van der Waals surface area (Å²) in [5.41, 5.74) is 1.62. The van der Waals surface area contributed by atoms with E-state index in [4.69, 9.17) is 4.74 Å². The standard InChI is InChI=1S/C21H27N3O2/c1-17(15-24-11-3-2-4-12-24)23-21(25)19-8-5-9-20(13-19)26-16-18-7-6-10-22-14-18/h5-10,13-14,17H,2-4,11-12,15-16H2,1H3,(H,23,25). The van der Waals surface area contributed by atoms with Crippen LogP contribution in [0.1, 0.15) is 42.1 Å². The molecule has 0 radical (unpaired) electrons. The van der Waals surface area contributed by atoms with Gasteiger partial charge in [-0.15, -0.1) is 0 Å². The number of rotatable bonds is 7. The first-order valence-electron chi connectivity index (χ1n) is 9.36. The smallest absolute Gasteiger partial charge is 0.251 e. The second-order valence-electron chi connectivity index (χ2n) is 6.91. The van der Waals surface area contributed by atoms with Crippen LogP contribution in [0.4, 0.5) is 0 Å². The molecule has 1 aromatic carbocycles. The topological polar surface area (TPSA) is 54.5 Å². The Morgan fingerprint density at radius 2 is 2.08 bits per heavy atom. The van der Waals surface area contributed by atoms with Crippen LogP contribution < -0.4 is 10.1 Å². The Morgan fingerprint density at radius 1 is 1.23 bits per heavy atom. The van der Waals surface area contributed by atoms with Crippen molar-refractivity contribution in [1.82, 2.24) is 15.2 Å². The molecule has 1 fully saturated rings. The number of pyridine rings is 1. The van der Waals surface area contributed by atoms with Crippen molar-refractivity contribution in [3.8, 4) is 5.75 Å². The fraction of sp³-hybridized carbons (Fsp3) is 0.429. The fourth-order valence-electron chi connectivity index (χ4n) is 3.26. The molecule has 2 heterocycles. The molecule has 0 aliphatic carbocycles. The lowest BCUT2D eigenvalue weighted by molar-refractivity contribution is 0.0925. The van der Waals surface area contributed by atoms with Crippen molar-refractivity contribution in [2.24, 2.45) is 0 Å². The first kappa shape index (κ1) is 18.4. The zero-order valence-corrected chi connectivity index (χ0v) is 15.4. The van der Waals surface area contributed by atoms with Crippen LogP contribution in [0.5, 0.6) is 5.75 Å². The minimum atomic E-state index is -0.0543. The molecule has 1 unspecified atom stereocenters. The number of likely N-dealkylation sites (tertiary alicyclic amines) is 1. The molecule has 1 aliphatic rings. The molecular formula is C21H27N3O2. The van der Waals surface area contributed by atoms with Crippen LogP contribution in [0.15, 0.2) is 48.8 Å². The summed E-state index contributed by atoms with van der Waals surface area (Å²) < 4.78 is 5.78. The summed E-state index contributed by atoms with van der Waals surface area (Å²) >= 11 is 0. The lowest BCUT2D eigenvalue weighted by Crippen LogP contribution is -2.43. The van der Waals surface area contributed by atoms with Crippen LogP contribution in [0.3, 0.4) is 0 Å². The second kappa shape index (κ2) is 9.34. The van der Waals surface area contributed by atoms with Crippen LogP contribution in [0, 0.1) is 0 Å². The van der Waals surface area contributed by atoms with Gasteiger partial charge in [0.1, 0.15) is 12.4 Å². The van der Waals surface area contributed by atoms with Crippen molar-refractivity contribution in [3.05, 3.63) is 59.9 Å². The van der Waals surface area contributed by atoms with Gasteiger partial charge in [0.05, 0.1) is 0 Å². The largest absolute Gasteiger partial charge is 0.489 e. The first-order valence-corrected chi connectivity index (χ1v) is 9.36. The molecule has 1 N–H and O–H groups in total. The van der Waals surface area contributed by atoms with Crippen LogP contribution in [0.2, 0.25) is 0 Å². The zero-order valence-electron chi connectivity index (χ0n) is 15.4. The molecule has 2 aromatic rings. The summed E-state index contributed by atoms with van der Waals surface area (Å²) in [7, 11) is 0. The molecule has 138 valence electrons. The summed E-state index contributed by atoms with van der Waals surface area (Å²) in [6, 6.07) is 11.3. The van der Waals surface area contributed by atoms with Gasteiger partial charge in [0.15, 0.2) is 0 Å². The van der Waals surface area contributed by atoms with E-state index in [9.17, 15) is 4.79 Å². The number of aromatic nitrogens is 1. The van der Waals surface area contributed by atoms with Crippen molar-refractivity contribution in [2.45, 2.75) is 38.8 Å². The highest BCUT2D eigenvalue weighted by Crippen LogP contribution is 2.15. The molecule has 0 saturated carbocycles. The maximum absolute atomic E-state index is 12.5. The van der Waals surface area contributed by atoms with Crippen molar-refractivity contribution >= 4 is 5.91 Å². The minimum absolute atomic E-state index is 0.0543.